The van der Waals surface area contributed by atoms with E-state index in [2.05, 4.69) is 5.32 Å². The minimum Gasteiger partial charge on any atom is -0.399 e. The molecular weight excluding hydrogens is 260 g/mol. The van der Waals surface area contributed by atoms with E-state index in [1.165, 1.54) is 5.56 Å². The molecule has 2 aromatic carbocycles. The Labute approximate surface area is 126 Å². The lowest BCUT2D eigenvalue weighted by Gasteiger charge is -2.13. The molecular formula is C18H22N2O. The van der Waals surface area contributed by atoms with Crippen molar-refractivity contribution in [1.82, 2.24) is 5.32 Å². The maximum absolute atomic E-state index is 12.4. The van der Waals surface area contributed by atoms with E-state index in [1.54, 1.807) is 0 Å². The van der Waals surface area contributed by atoms with Gasteiger partial charge in [0.25, 0.3) is 5.91 Å². The molecule has 3 nitrogen and oxygen atoms in total. The first-order valence-corrected chi connectivity index (χ1v) is 7.10. The Balaban J connectivity index is 2.18. The second kappa shape index (κ2) is 6.00. The molecule has 0 aliphatic heterocycles. The van der Waals surface area contributed by atoms with E-state index in [1.807, 2.05) is 58.0 Å². The predicted octanol–water partition coefficient (Wildman–Crippen LogP) is 3.43. The Morgan fingerprint density at radius 3 is 2.33 bits per heavy atom. The predicted molar refractivity (Wildman–Crippen MR) is 87.4 cm³/mol. The van der Waals surface area contributed by atoms with Crippen molar-refractivity contribution in [2.45, 2.75) is 34.2 Å². The van der Waals surface area contributed by atoms with Gasteiger partial charge in [-0.1, -0.05) is 29.8 Å². The van der Waals surface area contributed by atoms with Crippen molar-refractivity contribution in [2.24, 2.45) is 0 Å². The maximum atomic E-state index is 12.4. The average Bonchev–Trinajstić information content (AvgIpc) is 2.39. The number of nitrogens with one attached hydrogen (secondary N) is 1. The zero-order valence-electron chi connectivity index (χ0n) is 13.1. The molecule has 0 unspecified atom stereocenters. The maximum Gasteiger partial charge on any atom is 0.252 e. The Kier molecular flexibility index (Phi) is 4.32. The van der Waals surface area contributed by atoms with Crippen LogP contribution in [-0.4, -0.2) is 5.91 Å². The second-order valence-corrected chi connectivity index (χ2v) is 5.59. The highest BCUT2D eigenvalue weighted by molar-refractivity contribution is 5.97. The number of anilines is 1. The monoisotopic (exact) mass is 282 g/mol. The van der Waals surface area contributed by atoms with Crippen LogP contribution >= 0.6 is 0 Å². The van der Waals surface area contributed by atoms with E-state index >= 15 is 0 Å². The number of rotatable bonds is 3. The van der Waals surface area contributed by atoms with Crippen molar-refractivity contribution >= 4 is 11.6 Å². The molecule has 0 aromatic heterocycles. The molecule has 0 aliphatic carbocycles. The Bertz CT molecular complexity index is 667. The van der Waals surface area contributed by atoms with Gasteiger partial charge in [-0.2, -0.15) is 0 Å². The third-order valence-electron chi connectivity index (χ3n) is 3.83. The molecule has 3 N–H and O–H groups in total. The van der Waals surface area contributed by atoms with Crippen molar-refractivity contribution in [1.29, 1.82) is 0 Å². The zero-order chi connectivity index (χ0) is 15.6. The standard InChI is InChI=1S/C18H22N2O/c1-11-8-12(2)17(13(3)9-11)18(21)20-10-15-6-5-7-16(19)14(15)4/h5-9H,10,19H2,1-4H3,(H,20,21). The third kappa shape index (κ3) is 3.24. The Morgan fingerprint density at radius 2 is 1.71 bits per heavy atom. The van der Waals surface area contributed by atoms with Gasteiger partial charge < -0.3 is 11.1 Å². The summed E-state index contributed by atoms with van der Waals surface area (Å²) in [5.41, 5.74) is 12.7. The summed E-state index contributed by atoms with van der Waals surface area (Å²) in [6, 6.07) is 9.84. The number of hydrogen-bond donors (Lipinski definition) is 2. The van der Waals surface area contributed by atoms with Crippen molar-refractivity contribution in [3.8, 4) is 0 Å². The molecule has 0 spiro atoms. The van der Waals surface area contributed by atoms with Gasteiger partial charge in [0, 0.05) is 17.8 Å². The van der Waals surface area contributed by atoms with Gasteiger partial charge in [-0.25, -0.2) is 0 Å². The number of carbonyl (C=O) groups excluding carboxylic acids is 1. The van der Waals surface area contributed by atoms with Gasteiger partial charge in [0.2, 0.25) is 0 Å². The number of aryl methyl sites for hydroxylation is 3. The summed E-state index contributed by atoms with van der Waals surface area (Å²) in [7, 11) is 0. The second-order valence-electron chi connectivity index (χ2n) is 5.59. The summed E-state index contributed by atoms with van der Waals surface area (Å²) in [5.74, 6) is -0.0353. The summed E-state index contributed by atoms with van der Waals surface area (Å²) < 4.78 is 0. The SMILES string of the molecule is Cc1cc(C)c(C(=O)NCc2cccc(N)c2C)c(C)c1. The van der Waals surface area contributed by atoms with Gasteiger partial charge in [0.05, 0.1) is 0 Å². The van der Waals surface area contributed by atoms with Crippen LogP contribution in [-0.2, 0) is 6.54 Å². The lowest BCUT2D eigenvalue weighted by atomic mass is 9.99. The van der Waals surface area contributed by atoms with Crippen molar-refractivity contribution < 1.29 is 4.79 Å². The fraction of sp³-hybridized carbons (Fsp3) is 0.278. The molecule has 0 saturated heterocycles. The van der Waals surface area contributed by atoms with E-state index in [4.69, 9.17) is 5.73 Å². The highest BCUT2D eigenvalue weighted by Gasteiger charge is 2.13. The fourth-order valence-electron chi connectivity index (χ4n) is 2.70. The van der Waals surface area contributed by atoms with Gasteiger partial charge >= 0.3 is 0 Å². The normalized spacial score (nSPS) is 10.5. The van der Waals surface area contributed by atoms with Crippen molar-refractivity contribution in [2.75, 3.05) is 5.73 Å². The first-order valence-electron chi connectivity index (χ1n) is 7.10. The number of hydrogen-bond acceptors (Lipinski definition) is 2. The van der Waals surface area contributed by atoms with Crippen LogP contribution in [0.5, 0.6) is 0 Å². The van der Waals surface area contributed by atoms with Crippen LogP contribution in [0.4, 0.5) is 5.69 Å². The number of nitrogen functional groups attached to an aromatic ring is 1. The largest absolute Gasteiger partial charge is 0.399 e. The van der Waals surface area contributed by atoms with Gasteiger partial charge in [-0.05, 0) is 56.0 Å². The van der Waals surface area contributed by atoms with Crippen LogP contribution in [0.3, 0.4) is 0 Å². The fourth-order valence-corrected chi connectivity index (χ4v) is 2.70. The van der Waals surface area contributed by atoms with Crippen LogP contribution < -0.4 is 11.1 Å². The van der Waals surface area contributed by atoms with Gasteiger partial charge in [-0.15, -0.1) is 0 Å². The Hall–Kier alpha value is -2.29. The summed E-state index contributed by atoms with van der Waals surface area (Å²) in [6.45, 7) is 8.45. The molecule has 0 aliphatic rings. The molecule has 0 fully saturated rings. The van der Waals surface area contributed by atoms with Crippen LogP contribution in [0, 0.1) is 27.7 Å². The van der Waals surface area contributed by atoms with Gasteiger partial charge in [0.15, 0.2) is 0 Å². The van der Waals surface area contributed by atoms with E-state index in [9.17, 15) is 4.79 Å². The van der Waals surface area contributed by atoms with Crippen LogP contribution in [0.1, 0.15) is 38.2 Å². The van der Waals surface area contributed by atoms with Gasteiger partial charge in [0.1, 0.15) is 0 Å². The van der Waals surface area contributed by atoms with Crippen LogP contribution in [0.25, 0.3) is 0 Å². The van der Waals surface area contributed by atoms with Crippen molar-refractivity contribution in [3.63, 3.8) is 0 Å². The summed E-state index contributed by atoms with van der Waals surface area (Å²) in [5, 5.41) is 2.99. The smallest absolute Gasteiger partial charge is 0.252 e. The molecule has 2 rings (SSSR count). The Morgan fingerprint density at radius 1 is 1.10 bits per heavy atom. The lowest BCUT2D eigenvalue weighted by molar-refractivity contribution is 0.0949. The minimum absolute atomic E-state index is 0.0353. The van der Waals surface area contributed by atoms with E-state index < -0.39 is 0 Å². The molecule has 2 aromatic rings. The molecule has 3 heteroatoms. The number of nitrogens with two attached hydrogens (primary N) is 1. The summed E-state index contributed by atoms with van der Waals surface area (Å²) in [4.78, 5) is 12.4. The molecule has 0 saturated carbocycles. The first-order chi connectivity index (χ1) is 9.90. The topological polar surface area (TPSA) is 55.1 Å². The number of amides is 1. The molecule has 0 heterocycles. The summed E-state index contributed by atoms with van der Waals surface area (Å²) >= 11 is 0. The van der Waals surface area contributed by atoms with E-state index in [0.717, 1.165) is 33.5 Å². The van der Waals surface area contributed by atoms with Gasteiger partial charge in [-0.3, -0.25) is 4.79 Å². The minimum atomic E-state index is -0.0353. The first kappa shape index (κ1) is 15.1. The van der Waals surface area contributed by atoms with Crippen LogP contribution in [0.2, 0.25) is 0 Å². The molecule has 1 amide bonds. The van der Waals surface area contributed by atoms with E-state index in [0.29, 0.717) is 6.54 Å². The highest BCUT2D eigenvalue weighted by Crippen LogP contribution is 2.18. The van der Waals surface area contributed by atoms with Crippen LogP contribution in [0.15, 0.2) is 30.3 Å². The van der Waals surface area contributed by atoms with Crippen molar-refractivity contribution in [3.05, 3.63) is 63.7 Å². The summed E-state index contributed by atoms with van der Waals surface area (Å²) in [6.07, 6.45) is 0. The molecule has 0 radical (unpaired) electrons. The molecule has 0 atom stereocenters. The molecule has 0 bridgehead atoms. The highest BCUT2D eigenvalue weighted by atomic mass is 16.1. The quantitative estimate of drug-likeness (QED) is 0.847. The molecule has 21 heavy (non-hydrogen) atoms. The average molecular weight is 282 g/mol. The zero-order valence-corrected chi connectivity index (χ0v) is 13.1. The number of benzene rings is 2. The molecule has 110 valence electrons. The lowest BCUT2D eigenvalue weighted by Crippen LogP contribution is -2.25. The third-order valence-corrected chi connectivity index (χ3v) is 3.83. The number of carbonyl (C=O) groups is 1. The van der Waals surface area contributed by atoms with E-state index in [-0.39, 0.29) is 5.91 Å².